The van der Waals surface area contributed by atoms with Crippen LogP contribution in [-0.4, -0.2) is 48.4 Å². The molecule has 0 atom stereocenters. The van der Waals surface area contributed by atoms with Gasteiger partial charge in [0.2, 0.25) is 0 Å². The number of nitrogens with zero attached hydrogens (tertiary/aromatic N) is 2. The minimum absolute atomic E-state index is 0.0199. The van der Waals surface area contributed by atoms with Gasteiger partial charge in [-0.05, 0) is 18.5 Å². The summed E-state index contributed by atoms with van der Waals surface area (Å²) in [5.74, 6) is 0.0199. The summed E-state index contributed by atoms with van der Waals surface area (Å²) in [6, 6.07) is 10.6. The third-order valence-electron chi connectivity index (χ3n) is 3.33. The van der Waals surface area contributed by atoms with Crippen molar-refractivity contribution in [2.75, 3.05) is 32.7 Å². The Balaban J connectivity index is 1.84. The first-order chi connectivity index (χ1) is 8.74. The van der Waals surface area contributed by atoms with E-state index in [9.17, 15) is 4.79 Å². The molecule has 4 nitrogen and oxygen atoms in total. The van der Waals surface area contributed by atoms with Crippen molar-refractivity contribution in [2.24, 2.45) is 0 Å². The lowest BCUT2D eigenvalue weighted by Gasteiger charge is -2.20. The van der Waals surface area contributed by atoms with Crippen LogP contribution < -0.4 is 5.73 Å². The highest BCUT2D eigenvalue weighted by molar-refractivity contribution is 5.66. The number of quaternary nitrogens is 1. The Labute approximate surface area is 108 Å². The van der Waals surface area contributed by atoms with E-state index < -0.39 is 0 Å². The minimum atomic E-state index is 0.0199. The van der Waals surface area contributed by atoms with Gasteiger partial charge < -0.3 is 0 Å². The van der Waals surface area contributed by atoms with Gasteiger partial charge in [-0.15, -0.1) is 0 Å². The molecule has 1 aliphatic rings. The number of carbonyl (C=O) groups excluding carboxylic acids is 1. The number of rotatable bonds is 4. The standard InChI is InChI=1S/C14H21N3O/c15-14(18)12-17-8-4-7-16(9-10-17)11-13-5-2-1-3-6-13/h1-3,5-6H,4,7-12H2,(H2,15,18)/p+1. The summed E-state index contributed by atoms with van der Waals surface area (Å²) >= 11 is 0. The van der Waals surface area contributed by atoms with Crippen molar-refractivity contribution < 1.29 is 10.5 Å². The summed E-state index contributed by atoms with van der Waals surface area (Å²) in [4.78, 5) is 15.7. The van der Waals surface area contributed by atoms with Crippen LogP contribution in [0.15, 0.2) is 30.3 Å². The summed E-state index contributed by atoms with van der Waals surface area (Å²) in [7, 11) is 0. The maximum Gasteiger partial charge on any atom is 0.322 e. The molecule has 1 fully saturated rings. The predicted octanol–water partition coefficient (Wildman–Crippen LogP) is -0.0372. The Hall–Kier alpha value is -1.23. The average Bonchev–Trinajstić information content (AvgIpc) is 2.56. The molecule has 1 aromatic carbocycles. The Morgan fingerprint density at radius 2 is 1.72 bits per heavy atom. The molecule has 98 valence electrons. The van der Waals surface area contributed by atoms with E-state index in [2.05, 4.69) is 39.8 Å². The van der Waals surface area contributed by atoms with Crippen LogP contribution in [0.5, 0.6) is 0 Å². The third-order valence-corrected chi connectivity index (χ3v) is 3.33. The van der Waals surface area contributed by atoms with Crippen LogP contribution >= 0.6 is 0 Å². The number of hydrogen-bond donors (Lipinski definition) is 1. The number of carbonyl (C=O) groups is 1. The van der Waals surface area contributed by atoms with E-state index in [0.717, 1.165) is 39.1 Å². The zero-order valence-corrected chi connectivity index (χ0v) is 10.8. The second-order valence-electron chi connectivity index (χ2n) is 4.93. The smallest absolute Gasteiger partial charge is 0.298 e. The maximum atomic E-state index is 11.0. The monoisotopic (exact) mass is 248 g/mol. The first-order valence-electron chi connectivity index (χ1n) is 6.57. The lowest BCUT2D eigenvalue weighted by atomic mass is 10.2. The summed E-state index contributed by atoms with van der Waals surface area (Å²) < 4.78 is 0. The lowest BCUT2D eigenvalue weighted by Crippen LogP contribution is -2.61. The summed E-state index contributed by atoms with van der Waals surface area (Å²) in [5.41, 5.74) is 4.82. The molecular formula is C14H22N3O+. The molecule has 4 heteroatoms. The highest BCUT2D eigenvalue weighted by atomic mass is 16.1. The van der Waals surface area contributed by atoms with Crippen LogP contribution in [0.4, 0.5) is 0 Å². The first kappa shape index (κ1) is 13.2. The van der Waals surface area contributed by atoms with Crippen molar-refractivity contribution in [3.8, 4) is 0 Å². The van der Waals surface area contributed by atoms with E-state index >= 15 is 0 Å². The normalized spacial score (nSPS) is 18.5. The predicted molar refractivity (Wildman–Crippen MR) is 70.7 cm³/mol. The lowest BCUT2D eigenvalue weighted by molar-refractivity contribution is -0.306. The van der Waals surface area contributed by atoms with Crippen LogP contribution in [0.3, 0.4) is 0 Å². The number of hydrogen-bond acceptors (Lipinski definition) is 3. The van der Waals surface area contributed by atoms with Crippen LogP contribution in [-0.2, 0) is 11.3 Å². The Bertz CT molecular complexity index is 380. The summed E-state index contributed by atoms with van der Waals surface area (Å²) in [6.07, 6.45) is 1.13. The van der Waals surface area contributed by atoms with Crippen molar-refractivity contribution in [1.82, 2.24) is 9.80 Å². The number of amides is 1. The molecule has 0 bridgehead atoms. The van der Waals surface area contributed by atoms with Crippen molar-refractivity contribution in [1.29, 1.82) is 0 Å². The highest BCUT2D eigenvalue weighted by Gasteiger charge is 2.16. The van der Waals surface area contributed by atoms with E-state index in [1.807, 2.05) is 6.07 Å². The second-order valence-corrected chi connectivity index (χ2v) is 4.93. The Morgan fingerprint density at radius 1 is 1.06 bits per heavy atom. The van der Waals surface area contributed by atoms with Gasteiger partial charge in [0.05, 0.1) is 0 Å². The Morgan fingerprint density at radius 3 is 2.44 bits per heavy atom. The molecular weight excluding hydrogens is 226 g/mol. The topological polar surface area (TPSA) is 51.2 Å². The molecule has 3 N–H and O–H groups in total. The molecule has 0 aliphatic carbocycles. The molecule has 18 heavy (non-hydrogen) atoms. The van der Waals surface area contributed by atoms with Crippen molar-refractivity contribution >= 4 is 5.91 Å². The van der Waals surface area contributed by atoms with Gasteiger partial charge >= 0.3 is 5.91 Å². The van der Waals surface area contributed by atoms with E-state index in [4.69, 9.17) is 0 Å². The molecule has 1 saturated heterocycles. The molecule has 0 spiro atoms. The van der Waals surface area contributed by atoms with Crippen LogP contribution in [0.1, 0.15) is 12.0 Å². The fourth-order valence-electron chi connectivity index (χ4n) is 2.43. The van der Waals surface area contributed by atoms with Crippen LogP contribution in [0.25, 0.3) is 0 Å². The molecule has 0 radical (unpaired) electrons. The third kappa shape index (κ3) is 4.22. The van der Waals surface area contributed by atoms with E-state index in [-0.39, 0.29) is 5.91 Å². The molecule has 1 amide bonds. The van der Waals surface area contributed by atoms with Crippen molar-refractivity contribution in [3.63, 3.8) is 0 Å². The molecule has 0 unspecified atom stereocenters. The number of benzene rings is 1. The zero-order valence-electron chi connectivity index (χ0n) is 10.8. The molecule has 2 rings (SSSR count). The van der Waals surface area contributed by atoms with Gasteiger partial charge in [-0.1, -0.05) is 30.3 Å². The van der Waals surface area contributed by atoms with Gasteiger partial charge in [-0.3, -0.25) is 15.5 Å². The van der Waals surface area contributed by atoms with Gasteiger partial charge in [0, 0.05) is 26.2 Å². The van der Waals surface area contributed by atoms with E-state index in [1.165, 1.54) is 5.56 Å². The molecule has 1 aromatic rings. The first-order valence-corrected chi connectivity index (χ1v) is 6.57. The fourth-order valence-corrected chi connectivity index (χ4v) is 2.43. The molecule has 1 heterocycles. The highest BCUT2D eigenvalue weighted by Crippen LogP contribution is 2.08. The molecule has 0 saturated carbocycles. The van der Waals surface area contributed by atoms with Gasteiger partial charge in [0.25, 0.3) is 0 Å². The van der Waals surface area contributed by atoms with Crippen molar-refractivity contribution in [2.45, 2.75) is 13.0 Å². The molecule has 1 aliphatic heterocycles. The van der Waals surface area contributed by atoms with Gasteiger partial charge in [-0.2, -0.15) is 0 Å². The minimum Gasteiger partial charge on any atom is -0.298 e. The SMILES string of the molecule is [NH3+]C(=O)CN1CCCN(Cc2ccccc2)CC1. The fraction of sp³-hybridized carbons (Fsp3) is 0.500. The van der Waals surface area contributed by atoms with Gasteiger partial charge in [0.15, 0.2) is 0 Å². The maximum absolute atomic E-state index is 11.0. The van der Waals surface area contributed by atoms with Gasteiger partial charge in [0.1, 0.15) is 6.54 Å². The molecule has 0 aromatic heterocycles. The van der Waals surface area contributed by atoms with Crippen LogP contribution in [0.2, 0.25) is 0 Å². The van der Waals surface area contributed by atoms with Crippen LogP contribution in [0, 0.1) is 0 Å². The Kier molecular flexibility index (Phi) is 4.87. The quantitative estimate of drug-likeness (QED) is 0.813. The summed E-state index contributed by atoms with van der Waals surface area (Å²) in [6.45, 7) is 5.62. The zero-order chi connectivity index (χ0) is 12.8. The summed E-state index contributed by atoms with van der Waals surface area (Å²) in [5, 5.41) is 0. The van der Waals surface area contributed by atoms with E-state index in [0.29, 0.717) is 6.54 Å². The largest absolute Gasteiger partial charge is 0.322 e. The van der Waals surface area contributed by atoms with E-state index in [1.54, 1.807) is 0 Å². The van der Waals surface area contributed by atoms with Crippen molar-refractivity contribution in [3.05, 3.63) is 35.9 Å². The van der Waals surface area contributed by atoms with Gasteiger partial charge in [-0.25, -0.2) is 4.79 Å². The average molecular weight is 248 g/mol. The second kappa shape index (κ2) is 6.64.